The van der Waals surface area contributed by atoms with Gasteiger partial charge in [0.1, 0.15) is 11.9 Å². The van der Waals surface area contributed by atoms with E-state index in [4.69, 9.17) is 9.47 Å². The highest BCUT2D eigenvalue weighted by Gasteiger charge is 2.21. The summed E-state index contributed by atoms with van der Waals surface area (Å²) in [7, 11) is 1.64. The van der Waals surface area contributed by atoms with Gasteiger partial charge in [-0.3, -0.25) is 4.40 Å². The van der Waals surface area contributed by atoms with Crippen molar-refractivity contribution in [3.05, 3.63) is 24.2 Å². The summed E-state index contributed by atoms with van der Waals surface area (Å²) in [6.07, 6.45) is 1.87. The molecule has 1 unspecified atom stereocenters. The Kier molecular flexibility index (Phi) is 2.66. The fourth-order valence-corrected chi connectivity index (χ4v) is 1.97. The summed E-state index contributed by atoms with van der Waals surface area (Å²) in [5.41, 5.74) is 0.772. The monoisotopic (exact) mass is 234 g/mol. The Bertz CT molecular complexity index is 519. The lowest BCUT2D eigenvalue weighted by Crippen LogP contribution is -2.34. The van der Waals surface area contributed by atoms with Crippen LogP contribution in [0.25, 0.3) is 5.65 Å². The van der Waals surface area contributed by atoms with Crippen LogP contribution in [-0.4, -0.2) is 41.4 Å². The van der Waals surface area contributed by atoms with Gasteiger partial charge >= 0.3 is 0 Å². The molecule has 2 aromatic rings. The zero-order chi connectivity index (χ0) is 11.7. The first kappa shape index (κ1) is 10.5. The minimum absolute atomic E-state index is 0.0351. The summed E-state index contributed by atoms with van der Waals surface area (Å²) in [5, 5.41) is 11.6. The van der Waals surface area contributed by atoms with Crippen molar-refractivity contribution < 1.29 is 9.47 Å². The van der Waals surface area contributed by atoms with Crippen LogP contribution in [0.1, 0.15) is 11.9 Å². The SMILES string of the molecule is COc1ccn2c(C3CNCCO3)nnc2c1. The Morgan fingerprint density at radius 1 is 1.53 bits per heavy atom. The highest BCUT2D eigenvalue weighted by Crippen LogP contribution is 2.20. The number of aromatic nitrogens is 3. The standard InChI is InChI=1S/C11H14N4O2/c1-16-8-2-4-15-10(6-8)13-14-11(15)9-7-12-3-5-17-9/h2,4,6,9,12H,3,5,7H2,1H3. The third-order valence-electron chi connectivity index (χ3n) is 2.86. The maximum atomic E-state index is 5.67. The van der Waals surface area contributed by atoms with Gasteiger partial charge in [0.2, 0.25) is 0 Å². The van der Waals surface area contributed by atoms with E-state index in [2.05, 4.69) is 15.5 Å². The zero-order valence-electron chi connectivity index (χ0n) is 9.59. The number of methoxy groups -OCH3 is 1. The number of ether oxygens (including phenoxy) is 2. The second kappa shape index (κ2) is 4.31. The Hall–Kier alpha value is -1.66. The number of rotatable bonds is 2. The Labute approximate surface area is 98.6 Å². The number of fused-ring (bicyclic) bond motifs is 1. The highest BCUT2D eigenvalue weighted by atomic mass is 16.5. The van der Waals surface area contributed by atoms with Gasteiger partial charge in [0.15, 0.2) is 11.5 Å². The third-order valence-corrected chi connectivity index (χ3v) is 2.86. The topological polar surface area (TPSA) is 60.7 Å². The van der Waals surface area contributed by atoms with Gasteiger partial charge in [0.05, 0.1) is 13.7 Å². The molecule has 1 atom stereocenters. The van der Waals surface area contributed by atoms with Crippen molar-refractivity contribution in [2.45, 2.75) is 6.10 Å². The van der Waals surface area contributed by atoms with Gasteiger partial charge in [-0.1, -0.05) is 0 Å². The average Bonchev–Trinajstić information content (AvgIpc) is 2.82. The molecular formula is C11H14N4O2. The van der Waals surface area contributed by atoms with Crippen molar-refractivity contribution in [3.63, 3.8) is 0 Å². The van der Waals surface area contributed by atoms with E-state index in [1.54, 1.807) is 7.11 Å². The second-order valence-corrected chi connectivity index (χ2v) is 3.92. The lowest BCUT2D eigenvalue weighted by atomic mass is 10.3. The number of pyridine rings is 1. The molecule has 0 aromatic carbocycles. The summed E-state index contributed by atoms with van der Waals surface area (Å²) in [5.74, 6) is 1.61. The van der Waals surface area contributed by atoms with Crippen LogP contribution >= 0.6 is 0 Å². The van der Waals surface area contributed by atoms with Gasteiger partial charge in [-0.05, 0) is 6.07 Å². The Morgan fingerprint density at radius 2 is 2.47 bits per heavy atom. The van der Waals surface area contributed by atoms with Gasteiger partial charge in [-0.2, -0.15) is 0 Å². The largest absolute Gasteiger partial charge is 0.497 e. The van der Waals surface area contributed by atoms with E-state index in [0.717, 1.165) is 30.3 Å². The fourth-order valence-electron chi connectivity index (χ4n) is 1.97. The fraction of sp³-hybridized carbons (Fsp3) is 0.455. The summed E-state index contributed by atoms with van der Waals surface area (Å²) in [6, 6.07) is 3.74. The van der Waals surface area contributed by atoms with Gasteiger partial charge in [-0.25, -0.2) is 0 Å². The first-order chi connectivity index (χ1) is 8.38. The molecule has 17 heavy (non-hydrogen) atoms. The molecule has 2 aromatic heterocycles. The molecule has 1 fully saturated rings. The average molecular weight is 234 g/mol. The van der Waals surface area contributed by atoms with E-state index >= 15 is 0 Å². The van der Waals surface area contributed by atoms with Crippen molar-refractivity contribution in [2.24, 2.45) is 0 Å². The maximum absolute atomic E-state index is 5.67. The molecule has 1 aliphatic heterocycles. The molecule has 0 amide bonds. The molecule has 90 valence electrons. The van der Waals surface area contributed by atoms with Crippen LogP contribution in [0.2, 0.25) is 0 Å². The maximum Gasteiger partial charge on any atom is 0.167 e. The molecule has 6 heteroatoms. The molecule has 0 bridgehead atoms. The number of hydrogen-bond donors (Lipinski definition) is 1. The molecule has 1 saturated heterocycles. The zero-order valence-corrected chi connectivity index (χ0v) is 9.59. The number of morpholine rings is 1. The molecule has 1 aliphatic rings. The van der Waals surface area contributed by atoms with Crippen LogP contribution in [0.15, 0.2) is 18.3 Å². The summed E-state index contributed by atoms with van der Waals surface area (Å²) in [6.45, 7) is 2.36. The van der Waals surface area contributed by atoms with Crippen molar-refractivity contribution in [1.29, 1.82) is 0 Å². The van der Waals surface area contributed by atoms with E-state index in [1.165, 1.54) is 0 Å². The minimum atomic E-state index is -0.0351. The molecule has 0 saturated carbocycles. The van der Waals surface area contributed by atoms with Gasteiger partial charge in [0, 0.05) is 25.4 Å². The van der Waals surface area contributed by atoms with Crippen LogP contribution in [0.3, 0.4) is 0 Å². The number of nitrogens with one attached hydrogen (secondary N) is 1. The van der Waals surface area contributed by atoms with Crippen LogP contribution in [0.4, 0.5) is 0 Å². The van der Waals surface area contributed by atoms with Crippen molar-refractivity contribution >= 4 is 5.65 Å². The van der Waals surface area contributed by atoms with E-state index in [9.17, 15) is 0 Å². The van der Waals surface area contributed by atoms with Gasteiger partial charge in [-0.15, -0.1) is 10.2 Å². The van der Waals surface area contributed by atoms with E-state index in [-0.39, 0.29) is 6.10 Å². The summed E-state index contributed by atoms with van der Waals surface area (Å²) < 4.78 is 12.8. The quantitative estimate of drug-likeness (QED) is 0.815. The Morgan fingerprint density at radius 3 is 3.24 bits per heavy atom. The van der Waals surface area contributed by atoms with E-state index in [1.807, 2.05) is 22.7 Å². The predicted octanol–water partition coefficient (Wildman–Crippen LogP) is 0.399. The van der Waals surface area contributed by atoms with Gasteiger partial charge in [0.25, 0.3) is 0 Å². The predicted molar refractivity (Wildman–Crippen MR) is 61.1 cm³/mol. The first-order valence-electron chi connectivity index (χ1n) is 5.59. The molecule has 6 nitrogen and oxygen atoms in total. The normalized spacial score (nSPS) is 20.6. The van der Waals surface area contributed by atoms with Crippen molar-refractivity contribution in [3.8, 4) is 5.75 Å². The van der Waals surface area contributed by atoms with E-state index in [0.29, 0.717) is 6.61 Å². The smallest absolute Gasteiger partial charge is 0.167 e. The Balaban J connectivity index is 1.99. The van der Waals surface area contributed by atoms with E-state index < -0.39 is 0 Å². The molecule has 1 N–H and O–H groups in total. The van der Waals surface area contributed by atoms with Crippen LogP contribution in [0, 0.1) is 0 Å². The second-order valence-electron chi connectivity index (χ2n) is 3.92. The highest BCUT2D eigenvalue weighted by molar-refractivity contribution is 5.44. The summed E-state index contributed by atoms with van der Waals surface area (Å²) in [4.78, 5) is 0. The van der Waals surface area contributed by atoms with Crippen molar-refractivity contribution in [1.82, 2.24) is 19.9 Å². The first-order valence-corrected chi connectivity index (χ1v) is 5.59. The minimum Gasteiger partial charge on any atom is -0.497 e. The lowest BCUT2D eigenvalue weighted by molar-refractivity contribution is 0.0215. The third kappa shape index (κ3) is 1.85. The molecule has 0 spiro atoms. The molecule has 3 heterocycles. The van der Waals surface area contributed by atoms with Crippen molar-refractivity contribution in [2.75, 3.05) is 26.8 Å². The van der Waals surface area contributed by atoms with Gasteiger partial charge < -0.3 is 14.8 Å². The number of nitrogens with zero attached hydrogens (tertiary/aromatic N) is 3. The van der Waals surface area contributed by atoms with Crippen LogP contribution in [0.5, 0.6) is 5.75 Å². The molecule has 3 rings (SSSR count). The molecule has 0 radical (unpaired) electrons. The summed E-state index contributed by atoms with van der Waals surface area (Å²) >= 11 is 0. The molecule has 0 aliphatic carbocycles. The van der Waals surface area contributed by atoms with Crippen LogP contribution < -0.4 is 10.1 Å². The molecular weight excluding hydrogens is 220 g/mol. The van der Waals surface area contributed by atoms with Crippen LogP contribution in [-0.2, 0) is 4.74 Å². The number of hydrogen-bond acceptors (Lipinski definition) is 5. The lowest BCUT2D eigenvalue weighted by Gasteiger charge is -2.22.